The number of ether oxygens (including phenoxy) is 1. The summed E-state index contributed by atoms with van der Waals surface area (Å²) < 4.78 is 5.49. The van der Waals surface area contributed by atoms with Gasteiger partial charge in [0.1, 0.15) is 18.5 Å². The maximum atomic E-state index is 10.1. The van der Waals surface area contributed by atoms with Crippen molar-refractivity contribution in [2.75, 3.05) is 6.61 Å². The first-order chi connectivity index (χ1) is 10.2. The molecule has 2 rings (SSSR count). The van der Waals surface area contributed by atoms with Gasteiger partial charge >= 0.3 is 0 Å². The van der Waals surface area contributed by atoms with Crippen LogP contribution in [-0.4, -0.2) is 23.9 Å². The van der Waals surface area contributed by atoms with E-state index < -0.39 is 12.1 Å². The molecule has 0 saturated carbocycles. The van der Waals surface area contributed by atoms with E-state index in [0.29, 0.717) is 17.7 Å². The van der Waals surface area contributed by atoms with Crippen molar-refractivity contribution in [3.63, 3.8) is 0 Å². The number of nitrogens with zero attached hydrogens (tertiary/aromatic N) is 1. The number of rotatable bonds is 6. The van der Waals surface area contributed by atoms with Gasteiger partial charge in [-0.1, -0.05) is 36.4 Å². The van der Waals surface area contributed by atoms with E-state index in [9.17, 15) is 5.11 Å². The average molecular weight is 282 g/mol. The predicted octanol–water partition coefficient (Wildman–Crippen LogP) is 1.87. The van der Waals surface area contributed by atoms with Crippen LogP contribution in [0, 0.1) is 11.3 Å². The zero-order valence-electron chi connectivity index (χ0n) is 11.6. The van der Waals surface area contributed by atoms with Crippen molar-refractivity contribution in [3.05, 3.63) is 65.7 Å². The Morgan fingerprint density at radius 2 is 1.90 bits per heavy atom. The number of nitriles is 1. The van der Waals surface area contributed by atoms with Crippen molar-refractivity contribution in [1.82, 2.24) is 0 Å². The SMILES string of the molecule is N#Cc1cccc(OCC(O)C(N)Cc2ccccc2)c1. The average Bonchev–Trinajstić information content (AvgIpc) is 2.53. The van der Waals surface area contributed by atoms with Crippen LogP contribution in [0.25, 0.3) is 0 Å². The summed E-state index contributed by atoms with van der Waals surface area (Å²) in [6.07, 6.45) is -0.181. The summed E-state index contributed by atoms with van der Waals surface area (Å²) in [6.45, 7) is 0.100. The quantitative estimate of drug-likeness (QED) is 0.847. The van der Waals surface area contributed by atoms with Crippen molar-refractivity contribution in [3.8, 4) is 11.8 Å². The molecular formula is C17H18N2O2. The van der Waals surface area contributed by atoms with Crippen LogP contribution in [-0.2, 0) is 6.42 Å². The van der Waals surface area contributed by atoms with Gasteiger partial charge in [0, 0.05) is 6.04 Å². The summed E-state index contributed by atoms with van der Waals surface area (Å²) >= 11 is 0. The van der Waals surface area contributed by atoms with Crippen LogP contribution in [0.1, 0.15) is 11.1 Å². The number of benzene rings is 2. The van der Waals surface area contributed by atoms with E-state index >= 15 is 0 Å². The van der Waals surface area contributed by atoms with E-state index in [-0.39, 0.29) is 6.61 Å². The van der Waals surface area contributed by atoms with Crippen molar-refractivity contribution in [1.29, 1.82) is 5.26 Å². The first-order valence-corrected chi connectivity index (χ1v) is 6.79. The van der Waals surface area contributed by atoms with Crippen LogP contribution in [0.5, 0.6) is 5.75 Å². The molecule has 0 radical (unpaired) electrons. The second-order valence-corrected chi connectivity index (χ2v) is 4.87. The predicted molar refractivity (Wildman–Crippen MR) is 80.8 cm³/mol. The highest BCUT2D eigenvalue weighted by molar-refractivity contribution is 5.36. The molecule has 2 unspecified atom stereocenters. The monoisotopic (exact) mass is 282 g/mol. The molecule has 4 heteroatoms. The first-order valence-electron chi connectivity index (χ1n) is 6.79. The smallest absolute Gasteiger partial charge is 0.120 e. The fourth-order valence-electron chi connectivity index (χ4n) is 1.98. The minimum absolute atomic E-state index is 0.100. The zero-order valence-corrected chi connectivity index (χ0v) is 11.6. The maximum absolute atomic E-state index is 10.1. The lowest BCUT2D eigenvalue weighted by atomic mass is 10.0. The van der Waals surface area contributed by atoms with Gasteiger partial charge in [0.05, 0.1) is 11.6 Å². The fourth-order valence-corrected chi connectivity index (χ4v) is 1.98. The highest BCUT2D eigenvalue weighted by atomic mass is 16.5. The molecule has 0 aliphatic carbocycles. The number of hydrogen-bond acceptors (Lipinski definition) is 4. The summed E-state index contributed by atoms with van der Waals surface area (Å²) in [4.78, 5) is 0. The Kier molecular flexibility index (Phi) is 5.33. The lowest BCUT2D eigenvalue weighted by molar-refractivity contribution is 0.0851. The van der Waals surface area contributed by atoms with Crippen LogP contribution in [0.15, 0.2) is 54.6 Å². The Balaban J connectivity index is 1.86. The van der Waals surface area contributed by atoms with Gasteiger partial charge in [-0.25, -0.2) is 0 Å². The highest BCUT2D eigenvalue weighted by Crippen LogP contribution is 2.13. The summed E-state index contributed by atoms with van der Waals surface area (Å²) in [5.74, 6) is 0.556. The Hall–Kier alpha value is -2.35. The number of aliphatic hydroxyl groups excluding tert-OH is 1. The lowest BCUT2D eigenvalue weighted by Gasteiger charge is -2.19. The fraction of sp³-hybridized carbons (Fsp3) is 0.235. The van der Waals surface area contributed by atoms with Gasteiger partial charge in [-0.15, -0.1) is 0 Å². The van der Waals surface area contributed by atoms with E-state index in [1.165, 1.54) is 0 Å². The molecular weight excluding hydrogens is 264 g/mol. The number of nitrogens with two attached hydrogens (primary N) is 1. The Bertz CT molecular complexity index is 608. The largest absolute Gasteiger partial charge is 0.491 e. The van der Waals surface area contributed by atoms with Crippen LogP contribution in [0.4, 0.5) is 0 Å². The van der Waals surface area contributed by atoms with Crippen LogP contribution >= 0.6 is 0 Å². The van der Waals surface area contributed by atoms with E-state index in [1.54, 1.807) is 24.3 Å². The van der Waals surface area contributed by atoms with Crippen molar-refractivity contribution < 1.29 is 9.84 Å². The van der Waals surface area contributed by atoms with Crippen LogP contribution < -0.4 is 10.5 Å². The second-order valence-electron chi connectivity index (χ2n) is 4.87. The van der Waals surface area contributed by atoms with Crippen molar-refractivity contribution in [2.45, 2.75) is 18.6 Å². The first kappa shape index (κ1) is 15.0. The maximum Gasteiger partial charge on any atom is 0.120 e. The third-order valence-corrected chi connectivity index (χ3v) is 3.19. The zero-order chi connectivity index (χ0) is 15.1. The van der Waals surface area contributed by atoms with E-state index in [0.717, 1.165) is 5.56 Å². The minimum atomic E-state index is -0.768. The third-order valence-electron chi connectivity index (χ3n) is 3.19. The molecule has 0 saturated heterocycles. The number of aliphatic hydroxyl groups is 1. The molecule has 0 amide bonds. The molecule has 4 nitrogen and oxygen atoms in total. The van der Waals surface area contributed by atoms with E-state index in [2.05, 4.69) is 0 Å². The molecule has 2 aromatic rings. The van der Waals surface area contributed by atoms with Crippen molar-refractivity contribution in [2.24, 2.45) is 5.73 Å². The van der Waals surface area contributed by atoms with Gasteiger partial charge in [0.25, 0.3) is 0 Å². The van der Waals surface area contributed by atoms with Crippen molar-refractivity contribution >= 4 is 0 Å². The summed E-state index contributed by atoms with van der Waals surface area (Å²) in [5.41, 5.74) is 7.59. The van der Waals surface area contributed by atoms with Gasteiger partial charge in [-0.3, -0.25) is 0 Å². The van der Waals surface area contributed by atoms with Gasteiger partial charge in [-0.05, 0) is 30.2 Å². The second kappa shape index (κ2) is 7.44. The molecule has 2 atom stereocenters. The standard InChI is InChI=1S/C17H18N2O2/c18-11-14-7-4-8-15(9-14)21-12-17(20)16(19)10-13-5-2-1-3-6-13/h1-9,16-17,20H,10,12,19H2. The molecule has 0 aliphatic heterocycles. The van der Waals surface area contributed by atoms with E-state index in [1.807, 2.05) is 36.4 Å². The third kappa shape index (κ3) is 4.60. The topological polar surface area (TPSA) is 79.3 Å². The van der Waals surface area contributed by atoms with Gasteiger partial charge in [0.2, 0.25) is 0 Å². The molecule has 0 aliphatic rings. The molecule has 0 aromatic heterocycles. The molecule has 21 heavy (non-hydrogen) atoms. The van der Waals surface area contributed by atoms with E-state index in [4.69, 9.17) is 15.7 Å². The molecule has 108 valence electrons. The van der Waals surface area contributed by atoms with Crippen LogP contribution in [0.2, 0.25) is 0 Å². The molecule has 0 spiro atoms. The molecule has 0 bridgehead atoms. The molecule has 2 aromatic carbocycles. The Morgan fingerprint density at radius 3 is 2.62 bits per heavy atom. The minimum Gasteiger partial charge on any atom is -0.491 e. The van der Waals surface area contributed by atoms with Gasteiger partial charge < -0.3 is 15.6 Å². The lowest BCUT2D eigenvalue weighted by Crippen LogP contribution is -2.40. The van der Waals surface area contributed by atoms with Gasteiger partial charge in [-0.2, -0.15) is 5.26 Å². The highest BCUT2D eigenvalue weighted by Gasteiger charge is 2.16. The molecule has 3 N–H and O–H groups in total. The Labute approximate surface area is 124 Å². The summed E-state index contributed by atoms with van der Waals surface area (Å²) in [6, 6.07) is 18.2. The normalized spacial score (nSPS) is 13.2. The summed E-state index contributed by atoms with van der Waals surface area (Å²) in [7, 11) is 0. The molecule has 0 fully saturated rings. The molecule has 0 heterocycles. The van der Waals surface area contributed by atoms with Gasteiger partial charge in [0.15, 0.2) is 0 Å². The van der Waals surface area contributed by atoms with Crippen LogP contribution in [0.3, 0.4) is 0 Å². The Morgan fingerprint density at radius 1 is 1.14 bits per heavy atom. The number of hydrogen-bond donors (Lipinski definition) is 2. The summed E-state index contributed by atoms with van der Waals surface area (Å²) in [5, 5.41) is 18.9.